The van der Waals surface area contributed by atoms with Crippen molar-refractivity contribution in [1.82, 2.24) is 4.98 Å². The molecule has 1 aromatic heterocycles. The summed E-state index contributed by atoms with van der Waals surface area (Å²) in [6, 6.07) is 7.86. The minimum atomic E-state index is -0.457. The quantitative estimate of drug-likeness (QED) is 0.879. The molecule has 1 aliphatic carbocycles. The summed E-state index contributed by atoms with van der Waals surface area (Å²) >= 11 is 1.38. The zero-order valence-corrected chi connectivity index (χ0v) is 13.4. The first-order chi connectivity index (χ1) is 10.6. The van der Waals surface area contributed by atoms with Gasteiger partial charge in [-0.15, -0.1) is 11.3 Å². The third kappa shape index (κ3) is 2.60. The maximum atomic E-state index is 11.6. The molecule has 1 atom stereocenters. The van der Waals surface area contributed by atoms with Crippen molar-refractivity contribution in [3.05, 3.63) is 45.4 Å². The molecular weight excluding hydrogens is 300 g/mol. The van der Waals surface area contributed by atoms with Gasteiger partial charge in [0.05, 0.1) is 19.9 Å². The molecule has 0 spiro atoms. The number of nitrogens with zero attached hydrogens (tertiary/aromatic N) is 1. The zero-order chi connectivity index (χ0) is 15.7. The lowest BCUT2D eigenvalue weighted by atomic mass is 9.78. The van der Waals surface area contributed by atoms with Gasteiger partial charge in [0.25, 0.3) is 0 Å². The summed E-state index contributed by atoms with van der Waals surface area (Å²) < 4.78 is 10.0. The van der Waals surface area contributed by atoms with Crippen molar-refractivity contribution < 1.29 is 14.3 Å². The van der Waals surface area contributed by atoms with Crippen LogP contribution in [0.15, 0.2) is 24.3 Å². The molecule has 6 heteroatoms. The van der Waals surface area contributed by atoms with Gasteiger partial charge < -0.3 is 15.2 Å². The number of benzene rings is 1. The monoisotopic (exact) mass is 318 g/mol. The summed E-state index contributed by atoms with van der Waals surface area (Å²) in [5.74, 6) is 0.413. The predicted molar refractivity (Wildman–Crippen MR) is 84.3 cm³/mol. The molecule has 1 aliphatic rings. The third-order valence-corrected chi connectivity index (χ3v) is 5.14. The van der Waals surface area contributed by atoms with E-state index in [0.29, 0.717) is 11.4 Å². The van der Waals surface area contributed by atoms with Crippen molar-refractivity contribution in [2.24, 2.45) is 5.73 Å². The summed E-state index contributed by atoms with van der Waals surface area (Å²) in [5, 5.41) is 0.405. The van der Waals surface area contributed by atoms with E-state index in [2.05, 4.69) is 4.98 Å². The van der Waals surface area contributed by atoms with Gasteiger partial charge in [0.15, 0.2) is 0 Å². The van der Waals surface area contributed by atoms with E-state index >= 15 is 0 Å². The van der Waals surface area contributed by atoms with E-state index in [-0.39, 0.29) is 5.97 Å². The number of esters is 1. The summed E-state index contributed by atoms with van der Waals surface area (Å²) in [7, 11) is 3.01. The number of methoxy groups -OCH3 is 2. The second-order valence-electron chi connectivity index (χ2n) is 5.45. The molecule has 3 rings (SSSR count). The predicted octanol–water partition coefficient (Wildman–Crippen LogP) is 2.28. The lowest BCUT2D eigenvalue weighted by Gasteiger charge is -2.33. The highest BCUT2D eigenvalue weighted by Crippen LogP contribution is 2.38. The fraction of sp³-hybridized carbons (Fsp3) is 0.375. The summed E-state index contributed by atoms with van der Waals surface area (Å²) in [6.45, 7) is 0. The highest BCUT2D eigenvalue weighted by atomic mass is 32.1. The second kappa shape index (κ2) is 5.70. The van der Waals surface area contributed by atoms with Crippen LogP contribution in [0.1, 0.15) is 32.4 Å². The van der Waals surface area contributed by atoms with Crippen molar-refractivity contribution in [3.8, 4) is 5.75 Å². The average Bonchev–Trinajstić information content (AvgIpc) is 2.97. The SMILES string of the molecule is COC(=O)c1nc2c(s1)CC(N)(c1cccc(OC)c1)CC2. The summed E-state index contributed by atoms with van der Waals surface area (Å²) in [6.07, 6.45) is 2.22. The second-order valence-corrected chi connectivity index (χ2v) is 6.53. The Morgan fingerprint density at radius 1 is 1.41 bits per heavy atom. The van der Waals surface area contributed by atoms with Crippen LogP contribution >= 0.6 is 11.3 Å². The molecule has 22 heavy (non-hydrogen) atoms. The third-order valence-electron chi connectivity index (χ3n) is 4.07. The molecule has 0 aliphatic heterocycles. The topological polar surface area (TPSA) is 74.4 Å². The Morgan fingerprint density at radius 2 is 2.23 bits per heavy atom. The number of thiazole rings is 1. The lowest BCUT2D eigenvalue weighted by molar-refractivity contribution is 0.0600. The molecule has 0 amide bonds. The van der Waals surface area contributed by atoms with E-state index in [0.717, 1.165) is 34.7 Å². The molecule has 2 aromatic rings. The standard InChI is InChI=1S/C16H18N2O3S/c1-20-11-5-3-4-10(8-11)16(17)7-6-12-13(9-16)22-14(18-12)15(19)21-2/h3-5,8H,6-7,9,17H2,1-2H3. The van der Waals surface area contributed by atoms with E-state index in [1.165, 1.54) is 18.4 Å². The average molecular weight is 318 g/mol. The van der Waals surface area contributed by atoms with Crippen molar-refractivity contribution in [1.29, 1.82) is 0 Å². The van der Waals surface area contributed by atoms with Gasteiger partial charge in [-0.25, -0.2) is 9.78 Å². The van der Waals surface area contributed by atoms with Gasteiger partial charge in [0.1, 0.15) is 5.75 Å². The van der Waals surface area contributed by atoms with Gasteiger partial charge in [-0.05, 0) is 30.5 Å². The first kappa shape index (κ1) is 15.0. The van der Waals surface area contributed by atoms with Gasteiger partial charge in [-0.2, -0.15) is 0 Å². The van der Waals surface area contributed by atoms with Gasteiger partial charge in [-0.1, -0.05) is 12.1 Å². The molecule has 0 bridgehead atoms. The van der Waals surface area contributed by atoms with Crippen LogP contribution in [-0.2, 0) is 23.1 Å². The van der Waals surface area contributed by atoms with Crippen molar-refractivity contribution in [2.75, 3.05) is 14.2 Å². The first-order valence-electron chi connectivity index (χ1n) is 7.06. The molecule has 1 unspecified atom stereocenters. The number of ether oxygens (including phenoxy) is 2. The molecule has 1 heterocycles. The van der Waals surface area contributed by atoms with Crippen molar-refractivity contribution in [3.63, 3.8) is 0 Å². The van der Waals surface area contributed by atoms with Gasteiger partial charge in [0, 0.05) is 16.8 Å². The minimum absolute atomic E-state index is 0.386. The molecule has 0 fully saturated rings. The van der Waals surface area contributed by atoms with E-state index in [9.17, 15) is 4.79 Å². The molecule has 1 aromatic carbocycles. The fourth-order valence-electron chi connectivity index (χ4n) is 2.79. The molecular formula is C16H18N2O3S. The van der Waals surface area contributed by atoms with Crippen LogP contribution in [0.25, 0.3) is 0 Å². The van der Waals surface area contributed by atoms with Crippen LogP contribution in [-0.4, -0.2) is 25.2 Å². The van der Waals surface area contributed by atoms with Crippen LogP contribution in [0.3, 0.4) is 0 Å². The number of fused-ring (bicyclic) bond motifs is 1. The van der Waals surface area contributed by atoms with E-state index in [1.807, 2.05) is 24.3 Å². The summed E-state index contributed by atoms with van der Waals surface area (Å²) in [5.41, 5.74) is 8.20. The van der Waals surface area contributed by atoms with E-state index < -0.39 is 5.54 Å². The Hall–Kier alpha value is -1.92. The van der Waals surface area contributed by atoms with Crippen LogP contribution in [0.4, 0.5) is 0 Å². The number of nitrogens with two attached hydrogens (primary N) is 1. The highest BCUT2D eigenvalue weighted by molar-refractivity contribution is 7.13. The van der Waals surface area contributed by atoms with Crippen LogP contribution in [0, 0.1) is 0 Å². The number of rotatable bonds is 3. The van der Waals surface area contributed by atoms with Crippen LogP contribution in [0.5, 0.6) is 5.75 Å². The van der Waals surface area contributed by atoms with Gasteiger partial charge in [-0.3, -0.25) is 0 Å². The van der Waals surface area contributed by atoms with Gasteiger partial charge >= 0.3 is 5.97 Å². The Morgan fingerprint density at radius 3 is 2.95 bits per heavy atom. The molecule has 0 radical (unpaired) electrons. The lowest BCUT2D eigenvalue weighted by Crippen LogP contribution is -2.41. The number of carbonyl (C=O) groups excluding carboxylic acids is 1. The zero-order valence-electron chi connectivity index (χ0n) is 12.6. The maximum Gasteiger partial charge on any atom is 0.367 e. The largest absolute Gasteiger partial charge is 0.497 e. The Kier molecular flexibility index (Phi) is 3.88. The van der Waals surface area contributed by atoms with Crippen LogP contribution in [0.2, 0.25) is 0 Å². The molecule has 116 valence electrons. The Labute approximate surface area is 133 Å². The highest BCUT2D eigenvalue weighted by Gasteiger charge is 2.35. The number of carbonyl (C=O) groups is 1. The van der Waals surface area contributed by atoms with Gasteiger partial charge in [0.2, 0.25) is 5.01 Å². The van der Waals surface area contributed by atoms with Crippen molar-refractivity contribution >= 4 is 17.3 Å². The maximum absolute atomic E-state index is 11.6. The van der Waals surface area contributed by atoms with Crippen LogP contribution < -0.4 is 10.5 Å². The number of aromatic nitrogens is 1. The normalized spacial score (nSPS) is 20.3. The molecule has 5 nitrogen and oxygen atoms in total. The summed E-state index contributed by atoms with van der Waals surface area (Å²) in [4.78, 5) is 17.1. The minimum Gasteiger partial charge on any atom is -0.497 e. The first-order valence-corrected chi connectivity index (χ1v) is 7.88. The van der Waals surface area contributed by atoms with E-state index in [1.54, 1.807) is 7.11 Å². The molecule has 2 N–H and O–H groups in total. The Bertz CT molecular complexity index is 713. The van der Waals surface area contributed by atoms with E-state index in [4.69, 9.17) is 15.2 Å². The number of aryl methyl sites for hydroxylation is 1. The molecule has 0 saturated heterocycles. The number of hydrogen-bond acceptors (Lipinski definition) is 6. The smallest absolute Gasteiger partial charge is 0.367 e. The fourth-order valence-corrected chi connectivity index (χ4v) is 3.94. The molecule has 0 saturated carbocycles. The Balaban J connectivity index is 1.92. The van der Waals surface area contributed by atoms with Crippen molar-refractivity contribution in [2.45, 2.75) is 24.8 Å². The number of hydrogen-bond donors (Lipinski definition) is 1.